The molecule has 0 aliphatic heterocycles. The van der Waals surface area contributed by atoms with Crippen LogP contribution in [-0.4, -0.2) is 27.3 Å². The summed E-state index contributed by atoms with van der Waals surface area (Å²) < 4.78 is 10.7. The number of benzene rings is 3. The van der Waals surface area contributed by atoms with Crippen molar-refractivity contribution in [3.8, 4) is 28.4 Å². The molecule has 5 aromatic rings. The lowest BCUT2D eigenvalue weighted by Crippen LogP contribution is -2.24. The van der Waals surface area contributed by atoms with E-state index in [0.717, 1.165) is 34.0 Å². The number of hydrogen-bond acceptors (Lipinski definition) is 5. The van der Waals surface area contributed by atoms with Crippen molar-refractivity contribution in [2.24, 2.45) is 17.3 Å². The molecule has 0 bridgehead atoms. The van der Waals surface area contributed by atoms with Crippen molar-refractivity contribution >= 4 is 17.6 Å². The molecule has 0 N–H and O–H groups in total. The Balaban J connectivity index is 1.69. The van der Waals surface area contributed by atoms with E-state index in [1.807, 2.05) is 114 Å². The van der Waals surface area contributed by atoms with Gasteiger partial charge in [-0.25, -0.2) is 4.68 Å². The predicted octanol–water partition coefficient (Wildman–Crippen LogP) is 4.95. The highest BCUT2D eigenvalue weighted by Crippen LogP contribution is 2.24. The van der Waals surface area contributed by atoms with Gasteiger partial charge >= 0.3 is 0 Å². The monoisotopic (exact) mass is 495 g/mol. The van der Waals surface area contributed by atoms with Crippen LogP contribution >= 0.6 is 11.3 Å². The summed E-state index contributed by atoms with van der Waals surface area (Å²) in [5.74, 6) is 0.780. The summed E-state index contributed by atoms with van der Waals surface area (Å²) in [4.78, 5) is 14.4. The van der Waals surface area contributed by atoms with E-state index in [1.54, 1.807) is 18.0 Å². The minimum absolute atomic E-state index is 0.127. The molecule has 36 heavy (non-hydrogen) atoms. The maximum absolute atomic E-state index is 13.8. The van der Waals surface area contributed by atoms with Crippen molar-refractivity contribution in [3.05, 3.63) is 117 Å². The lowest BCUT2D eigenvalue weighted by Gasteiger charge is -2.08. The van der Waals surface area contributed by atoms with E-state index < -0.39 is 0 Å². The smallest absolute Gasteiger partial charge is 0.296 e. The second-order valence-corrected chi connectivity index (χ2v) is 8.97. The molecule has 0 atom stereocenters. The Morgan fingerprint density at radius 1 is 0.917 bits per heavy atom. The largest absolute Gasteiger partial charge is 0.497 e. The molecule has 0 saturated heterocycles. The second kappa shape index (κ2) is 10.1. The molecule has 180 valence electrons. The lowest BCUT2D eigenvalue weighted by molar-refractivity contribution is 0.415. The molecule has 0 fully saturated rings. The average Bonchev–Trinajstić information content (AvgIpc) is 3.42. The summed E-state index contributed by atoms with van der Waals surface area (Å²) in [7, 11) is 3.52. The van der Waals surface area contributed by atoms with Crippen LogP contribution < -0.4 is 15.1 Å². The van der Waals surface area contributed by atoms with E-state index in [0.29, 0.717) is 10.5 Å². The second-order valence-electron chi connectivity index (χ2n) is 8.13. The van der Waals surface area contributed by atoms with Gasteiger partial charge in [-0.3, -0.25) is 14.0 Å². The number of ether oxygens (including phenoxy) is 1. The van der Waals surface area contributed by atoms with Gasteiger partial charge in [0.05, 0.1) is 30.4 Å². The molecule has 2 aromatic heterocycles. The van der Waals surface area contributed by atoms with Crippen LogP contribution in [-0.2, 0) is 7.05 Å². The summed E-state index contributed by atoms with van der Waals surface area (Å²) in [6, 6.07) is 27.2. The number of para-hydroxylation sites is 1. The highest BCUT2D eigenvalue weighted by Gasteiger charge is 2.21. The first-order chi connectivity index (χ1) is 17.6. The Morgan fingerprint density at radius 2 is 1.58 bits per heavy atom. The molecule has 3 aromatic carbocycles. The molecule has 0 saturated carbocycles. The van der Waals surface area contributed by atoms with E-state index >= 15 is 0 Å². The van der Waals surface area contributed by atoms with Gasteiger partial charge in [0.25, 0.3) is 5.56 Å². The Hall–Kier alpha value is -4.43. The van der Waals surface area contributed by atoms with Crippen LogP contribution in [0.25, 0.3) is 22.6 Å². The zero-order valence-corrected chi connectivity index (χ0v) is 21.0. The minimum Gasteiger partial charge on any atom is -0.497 e. The Morgan fingerprint density at radius 3 is 2.25 bits per heavy atom. The number of aromatic nitrogens is 3. The Labute approximate surface area is 212 Å². The van der Waals surface area contributed by atoms with Crippen LogP contribution in [0.15, 0.2) is 105 Å². The minimum atomic E-state index is -0.127. The molecule has 0 unspecified atom stereocenters. The van der Waals surface area contributed by atoms with Crippen LogP contribution in [0, 0.1) is 6.92 Å². The molecule has 0 spiro atoms. The van der Waals surface area contributed by atoms with E-state index in [4.69, 9.17) is 4.74 Å². The van der Waals surface area contributed by atoms with Gasteiger partial charge in [0.15, 0.2) is 0 Å². The van der Waals surface area contributed by atoms with Crippen molar-refractivity contribution in [1.82, 2.24) is 13.9 Å². The van der Waals surface area contributed by atoms with Gasteiger partial charge in [-0.15, -0.1) is 16.4 Å². The van der Waals surface area contributed by atoms with Gasteiger partial charge < -0.3 is 4.74 Å². The SMILES string of the molecule is COc1ccc(C=NN=c2scc(-c3ccccc3)n2-c2c(C)n(C)n(-c3ccccc3)c2=O)cc1. The van der Waals surface area contributed by atoms with E-state index in [2.05, 4.69) is 10.2 Å². The molecule has 0 aliphatic rings. The normalized spacial score (nSPS) is 11.9. The molecule has 0 radical (unpaired) electrons. The van der Waals surface area contributed by atoms with Gasteiger partial charge in [-0.2, -0.15) is 5.10 Å². The molecule has 8 heteroatoms. The van der Waals surface area contributed by atoms with Crippen LogP contribution in [0.3, 0.4) is 0 Å². The fourth-order valence-electron chi connectivity index (χ4n) is 4.05. The molecule has 0 amide bonds. The molecular weight excluding hydrogens is 470 g/mol. The van der Waals surface area contributed by atoms with Gasteiger partial charge in [-0.1, -0.05) is 48.5 Å². The maximum atomic E-state index is 13.8. The third-order valence-electron chi connectivity index (χ3n) is 5.99. The quantitative estimate of drug-likeness (QED) is 0.247. The van der Waals surface area contributed by atoms with Gasteiger partial charge in [-0.05, 0) is 54.4 Å². The summed E-state index contributed by atoms with van der Waals surface area (Å²) in [6.07, 6.45) is 1.69. The van der Waals surface area contributed by atoms with Gasteiger partial charge in [0.2, 0.25) is 4.80 Å². The predicted molar refractivity (Wildman–Crippen MR) is 145 cm³/mol. The van der Waals surface area contributed by atoms with Crippen molar-refractivity contribution < 1.29 is 4.74 Å². The highest BCUT2D eigenvalue weighted by molar-refractivity contribution is 7.07. The van der Waals surface area contributed by atoms with Crippen molar-refractivity contribution in [2.45, 2.75) is 6.92 Å². The zero-order chi connectivity index (χ0) is 25.1. The number of hydrogen-bond donors (Lipinski definition) is 0. The number of thiazole rings is 1. The van der Waals surface area contributed by atoms with Crippen LogP contribution in [0.5, 0.6) is 5.75 Å². The first-order valence-corrected chi connectivity index (χ1v) is 12.3. The first-order valence-electron chi connectivity index (χ1n) is 11.4. The van der Waals surface area contributed by atoms with Gasteiger partial charge in [0.1, 0.15) is 11.4 Å². The number of nitrogens with zero attached hydrogens (tertiary/aromatic N) is 5. The van der Waals surface area contributed by atoms with Crippen LogP contribution in [0.1, 0.15) is 11.3 Å². The van der Waals surface area contributed by atoms with E-state index in [-0.39, 0.29) is 5.56 Å². The Bertz CT molecular complexity index is 1640. The first kappa shape index (κ1) is 23.3. The fourth-order valence-corrected chi connectivity index (χ4v) is 4.90. The van der Waals surface area contributed by atoms with Crippen molar-refractivity contribution in [3.63, 3.8) is 0 Å². The third-order valence-corrected chi connectivity index (χ3v) is 6.81. The molecule has 0 aliphatic carbocycles. The topological polar surface area (TPSA) is 65.8 Å². The molecular formula is C28H25N5O2S. The van der Waals surface area contributed by atoms with E-state index in [9.17, 15) is 4.79 Å². The van der Waals surface area contributed by atoms with Gasteiger partial charge in [0, 0.05) is 12.4 Å². The lowest BCUT2D eigenvalue weighted by atomic mass is 10.1. The molecule has 7 nitrogen and oxygen atoms in total. The summed E-state index contributed by atoms with van der Waals surface area (Å²) in [5.41, 5.74) is 4.80. The highest BCUT2D eigenvalue weighted by atomic mass is 32.1. The van der Waals surface area contributed by atoms with Crippen molar-refractivity contribution in [2.75, 3.05) is 7.11 Å². The standard InChI is InChI=1S/C28H25N5O2S/c1-20-26(27(34)33(31(20)2)23-12-8-5-9-13-23)32-25(22-10-6-4-7-11-22)19-36-28(32)30-29-18-21-14-16-24(35-3)17-15-21/h4-19H,1-3H3. The third kappa shape index (κ3) is 4.34. The summed E-state index contributed by atoms with van der Waals surface area (Å²) in [6.45, 7) is 1.94. The summed E-state index contributed by atoms with van der Waals surface area (Å²) in [5, 5.41) is 10.9. The maximum Gasteiger partial charge on any atom is 0.296 e. The molecule has 2 heterocycles. The van der Waals surface area contributed by atoms with Crippen LogP contribution in [0.4, 0.5) is 0 Å². The summed E-state index contributed by atoms with van der Waals surface area (Å²) >= 11 is 1.44. The fraction of sp³-hybridized carbons (Fsp3) is 0.107. The number of methoxy groups -OCH3 is 1. The Kier molecular flexibility index (Phi) is 6.51. The van der Waals surface area contributed by atoms with E-state index in [1.165, 1.54) is 11.3 Å². The average molecular weight is 496 g/mol. The number of rotatable bonds is 6. The van der Waals surface area contributed by atoms with Crippen molar-refractivity contribution in [1.29, 1.82) is 0 Å². The zero-order valence-electron chi connectivity index (χ0n) is 20.2. The molecule has 5 rings (SSSR count). The van der Waals surface area contributed by atoms with Crippen LogP contribution in [0.2, 0.25) is 0 Å².